The second-order valence-electron chi connectivity index (χ2n) is 7.50. The van der Waals surface area contributed by atoms with Gasteiger partial charge in [-0.05, 0) is 41.4 Å². The quantitative estimate of drug-likeness (QED) is 0.538. The number of carboxylic acids is 1. The van der Waals surface area contributed by atoms with Crippen LogP contribution in [-0.2, 0) is 16.9 Å². The van der Waals surface area contributed by atoms with Crippen molar-refractivity contribution in [3.63, 3.8) is 0 Å². The van der Waals surface area contributed by atoms with E-state index in [-0.39, 0.29) is 12.3 Å². The van der Waals surface area contributed by atoms with E-state index in [0.29, 0.717) is 28.7 Å². The highest BCUT2D eigenvalue weighted by atomic mass is 35.5. The van der Waals surface area contributed by atoms with Crippen molar-refractivity contribution in [1.82, 2.24) is 10.2 Å². The molecule has 160 valence electrons. The number of primary amides is 1. The average molecular weight is 452 g/mol. The molecule has 3 rings (SSSR count). The fourth-order valence-corrected chi connectivity index (χ4v) is 4.66. The number of aliphatic hydroxyl groups excluding tert-OH is 1. The van der Waals surface area contributed by atoms with Gasteiger partial charge >= 0.3 is 12.0 Å². The molecule has 0 fully saturated rings. The van der Waals surface area contributed by atoms with Crippen LogP contribution in [0.2, 0.25) is 10.0 Å². The lowest BCUT2D eigenvalue weighted by Gasteiger charge is -2.35. The van der Waals surface area contributed by atoms with Crippen molar-refractivity contribution >= 4 is 35.2 Å². The molecule has 0 aliphatic carbocycles. The summed E-state index contributed by atoms with van der Waals surface area (Å²) in [4.78, 5) is 25.8. The third kappa shape index (κ3) is 4.25. The van der Waals surface area contributed by atoms with Crippen molar-refractivity contribution in [1.29, 1.82) is 0 Å². The molecule has 2 amide bonds. The van der Waals surface area contributed by atoms with E-state index < -0.39 is 24.1 Å². The van der Waals surface area contributed by atoms with Gasteiger partial charge in [-0.1, -0.05) is 47.5 Å². The number of aliphatic carboxylic acids is 1. The summed E-state index contributed by atoms with van der Waals surface area (Å²) in [5, 5.41) is 22.8. The number of urea groups is 1. The van der Waals surface area contributed by atoms with Crippen LogP contribution in [0.15, 0.2) is 36.4 Å². The third-order valence-corrected chi connectivity index (χ3v) is 6.02. The molecular formula is C21H23Cl2N3O4. The number of likely N-dealkylation sites (N-methyl/N-ethyl adjacent to an activating group) is 1. The van der Waals surface area contributed by atoms with Gasteiger partial charge in [0.2, 0.25) is 0 Å². The maximum atomic E-state index is 12.2. The molecule has 30 heavy (non-hydrogen) atoms. The smallest absolute Gasteiger partial charge is 0.334 e. The van der Waals surface area contributed by atoms with Gasteiger partial charge in [0.25, 0.3) is 0 Å². The maximum Gasteiger partial charge on any atom is 0.334 e. The zero-order valence-electron chi connectivity index (χ0n) is 16.4. The van der Waals surface area contributed by atoms with E-state index >= 15 is 0 Å². The Kier molecular flexibility index (Phi) is 6.57. The summed E-state index contributed by atoms with van der Waals surface area (Å²) in [6.07, 6.45) is -0.229. The summed E-state index contributed by atoms with van der Waals surface area (Å²) >= 11 is 12.7. The number of nitrogens with zero attached hydrogens (tertiary/aromatic N) is 1. The van der Waals surface area contributed by atoms with E-state index in [1.165, 1.54) is 0 Å². The molecule has 0 radical (unpaired) electrons. The third-order valence-electron chi connectivity index (χ3n) is 5.46. The molecule has 1 heterocycles. The molecule has 0 saturated carbocycles. The molecule has 2 aromatic carbocycles. The average Bonchev–Trinajstić information content (AvgIpc) is 2.67. The van der Waals surface area contributed by atoms with Crippen molar-refractivity contribution in [3.8, 4) is 0 Å². The normalized spacial score (nSPS) is 18.3. The van der Waals surface area contributed by atoms with Gasteiger partial charge in [-0.15, -0.1) is 0 Å². The lowest BCUT2D eigenvalue weighted by Crippen LogP contribution is -2.54. The molecule has 9 heteroatoms. The van der Waals surface area contributed by atoms with E-state index in [4.69, 9.17) is 28.9 Å². The molecule has 5 N–H and O–H groups in total. The second kappa shape index (κ2) is 8.81. The summed E-state index contributed by atoms with van der Waals surface area (Å²) in [6, 6.07) is 9.54. The van der Waals surface area contributed by atoms with Gasteiger partial charge in [-0.2, -0.15) is 0 Å². The minimum atomic E-state index is -1.84. The van der Waals surface area contributed by atoms with E-state index in [0.717, 1.165) is 16.7 Å². The van der Waals surface area contributed by atoms with Gasteiger partial charge in [0.15, 0.2) is 5.54 Å². The van der Waals surface area contributed by atoms with Crippen molar-refractivity contribution in [2.45, 2.75) is 24.4 Å². The first-order valence-corrected chi connectivity index (χ1v) is 10.1. The number of nitrogens with one attached hydrogen (secondary N) is 1. The Hall–Kier alpha value is -2.32. The minimum absolute atomic E-state index is 0.107. The summed E-state index contributed by atoms with van der Waals surface area (Å²) in [5.74, 6) is -1.41. The molecule has 1 aliphatic rings. The van der Waals surface area contributed by atoms with Crippen LogP contribution in [-0.4, -0.2) is 47.3 Å². The molecule has 2 unspecified atom stereocenters. The molecular weight excluding hydrogens is 429 g/mol. The monoisotopic (exact) mass is 451 g/mol. The van der Waals surface area contributed by atoms with Crippen LogP contribution in [0, 0.1) is 0 Å². The number of rotatable bonds is 6. The second-order valence-corrected chi connectivity index (χ2v) is 8.35. The zero-order valence-corrected chi connectivity index (χ0v) is 17.9. The van der Waals surface area contributed by atoms with Crippen LogP contribution in [0.25, 0.3) is 0 Å². The summed E-state index contributed by atoms with van der Waals surface area (Å²) < 4.78 is 0. The van der Waals surface area contributed by atoms with Gasteiger partial charge in [0, 0.05) is 42.1 Å². The van der Waals surface area contributed by atoms with Crippen LogP contribution in [0.1, 0.15) is 34.6 Å². The van der Waals surface area contributed by atoms with Gasteiger partial charge < -0.3 is 26.2 Å². The fourth-order valence-electron chi connectivity index (χ4n) is 4.09. The highest BCUT2D eigenvalue weighted by molar-refractivity contribution is 6.35. The number of aliphatic hydroxyl groups is 1. The molecule has 0 spiro atoms. The Morgan fingerprint density at radius 1 is 1.30 bits per heavy atom. The Morgan fingerprint density at radius 3 is 2.67 bits per heavy atom. The largest absolute Gasteiger partial charge is 0.479 e. The molecule has 7 nitrogen and oxygen atoms in total. The lowest BCUT2D eigenvalue weighted by atomic mass is 9.80. The number of carbonyl (C=O) groups is 2. The lowest BCUT2D eigenvalue weighted by molar-refractivity contribution is -0.145. The van der Waals surface area contributed by atoms with Gasteiger partial charge in [-0.25, -0.2) is 9.59 Å². The number of hydrogen-bond donors (Lipinski definition) is 4. The first kappa shape index (κ1) is 22.4. The molecule has 2 atom stereocenters. The summed E-state index contributed by atoms with van der Waals surface area (Å²) in [7, 11) is 1.98. The first-order chi connectivity index (χ1) is 14.2. The predicted octanol–water partition coefficient (Wildman–Crippen LogP) is 2.90. The van der Waals surface area contributed by atoms with E-state index in [1.807, 2.05) is 19.2 Å². The Balaban J connectivity index is 2.14. The minimum Gasteiger partial charge on any atom is -0.479 e. The van der Waals surface area contributed by atoms with Crippen LogP contribution >= 0.6 is 23.2 Å². The highest BCUT2D eigenvalue weighted by Gasteiger charge is 2.41. The molecule has 0 bridgehead atoms. The van der Waals surface area contributed by atoms with E-state index in [2.05, 4.69) is 10.2 Å². The SMILES string of the molecule is CN1Cc2c(Cl)cc(Cl)cc2C(c2cccc(C(CCO)(NC(N)=O)C(=O)O)c2)C1. The number of benzene rings is 2. The van der Waals surface area contributed by atoms with Crippen molar-refractivity contribution in [2.75, 3.05) is 20.2 Å². The molecule has 1 aliphatic heterocycles. The fraction of sp³-hybridized carbons (Fsp3) is 0.333. The highest BCUT2D eigenvalue weighted by Crippen LogP contribution is 2.39. The van der Waals surface area contributed by atoms with Crippen LogP contribution in [0.3, 0.4) is 0 Å². The summed E-state index contributed by atoms with van der Waals surface area (Å²) in [6.45, 7) is 0.905. The number of halogens is 2. The predicted molar refractivity (Wildman–Crippen MR) is 115 cm³/mol. The first-order valence-electron chi connectivity index (χ1n) is 9.36. The molecule has 2 aromatic rings. The number of carbonyl (C=O) groups excluding carboxylic acids is 1. The van der Waals surface area contributed by atoms with Crippen LogP contribution in [0.4, 0.5) is 4.79 Å². The number of hydrogen-bond acceptors (Lipinski definition) is 4. The van der Waals surface area contributed by atoms with E-state index in [1.54, 1.807) is 24.3 Å². The Bertz CT molecular complexity index is 985. The molecule has 0 aromatic heterocycles. The van der Waals surface area contributed by atoms with Crippen LogP contribution < -0.4 is 11.1 Å². The molecule has 0 saturated heterocycles. The number of amides is 2. The zero-order chi connectivity index (χ0) is 22.1. The maximum absolute atomic E-state index is 12.2. The Morgan fingerprint density at radius 2 is 2.03 bits per heavy atom. The number of nitrogens with two attached hydrogens (primary N) is 1. The van der Waals surface area contributed by atoms with Crippen molar-refractivity contribution in [2.24, 2.45) is 5.73 Å². The standard InChI is InChI=1S/C21H23Cl2N3O4/c1-26-10-16(15-8-14(22)9-18(23)17(15)11-26)12-3-2-4-13(7-12)21(5-6-27,19(28)29)25-20(24)30/h2-4,7-9,16,27H,5-6,10-11H2,1H3,(H,28,29)(H3,24,25,30). The van der Waals surface area contributed by atoms with E-state index in [9.17, 15) is 19.8 Å². The van der Waals surface area contributed by atoms with Crippen molar-refractivity contribution in [3.05, 3.63) is 68.7 Å². The number of carboxylic acid groups (broad SMARTS) is 1. The number of fused-ring (bicyclic) bond motifs is 1. The van der Waals surface area contributed by atoms with Gasteiger partial charge in [0.05, 0.1) is 0 Å². The van der Waals surface area contributed by atoms with Gasteiger partial charge in [0.1, 0.15) is 0 Å². The van der Waals surface area contributed by atoms with Crippen LogP contribution in [0.5, 0.6) is 0 Å². The summed E-state index contributed by atoms with van der Waals surface area (Å²) in [5.41, 5.74) is 6.52. The van der Waals surface area contributed by atoms with Crippen molar-refractivity contribution < 1.29 is 19.8 Å². The Labute approximate surface area is 184 Å². The topological polar surface area (TPSA) is 116 Å². The van der Waals surface area contributed by atoms with Gasteiger partial charge in [-0.3, -0.25) is 0 Å².